The van der Waals surface area contributed by atoms with Crippen LogP contribution in [0.3, 0.4) is 0 Å². The molecule has 0 aliphatic carbocycles. The lowest BCUT2D eigenvalue weighted by Crippen LogP contribution is -1.87. The predicted molar refractivity (Wildman–Crippen MR) is 75.7 cm³/mol. The van der Waals surface area contributed by atoms with Gasteiger partial charge in [0, 0.05) is 23.3 Å². The Morgan fingerprint density at radius 2 is 1.86 bits per heavy atom. The van der Waals surface area contributed by atoms with E-state index in [1.165, 1.54) is 12.1 Å². The largest absolute Gasteiger partial charge is 0.508 e. The second-order valence-electron chi connectivity index (χ2n) is 4.38. The summed E-state index contributed by atoms with van der Waals surface area (Å²) in [4.78, 5) is 14.4. The summed E-state index contributed by atoms with van der Waals surface area (Å²) in [5, 5.41) is 20.0. The Bertz CT molecular complexity index is 793. The highest BCUT2D eigenvalue weighted by Crippen LogP contribution is 2.28. The predicted octanol–water partition coefficient (Wildman–Crippen LogP) is 3.62. The van der Waals surface area contributed by atoms with Gasteiger partial charge in [0.05, 0.1) is 11.1 Å². The van der Waals surface area contributed by atoms with Crippen LogP contribution in [0.4, 0.5) is 5.69 Å². The van der Waals surface area contributed by atoms with Gasteiger partial charge in [-0.3, -0.25) is 10.1 Å². The molecule has 3 aromatic rings. The van der Waals surface area contributed by atoms with Crippen molar-refractivity contribution >= 4 is 5.69 Å². The van der Waals surface area contributed by atoms with Gasteiger partial charge in [-0.2, -0.15) is 0 Å². The van der Waals surface area contributed by atoms with Gasteiger partial charge in [0.1, 0.15) is 5.75 Å². The molecule has 1 heterocycles. The van der Waals surface area contributed by atoms with Crippen LogP contribution in [-0.2, 0) is 0 Å². The molecule has 0 saturated heterocycles. The van der Waals surface area contributed by atoms with Crippen molar-refractivity contribution in [2.24, 2.45) is 0 Å². The zero-order chi connectivity index (χ0) is 14.8. The molecule has 0 unspecified atom stereocenters. The van der Waals surface area contributed by atoms with Gasteiger partial charge in [-0.05, 0) is 30.3 Å². The Hall–Kier alpha value is -3.15. The molecule has 3 rings (SSSR count). The smallest absolute Gasteiger partial charge is 0.270 e. The van der Waals surface area contributed by atoms with Crippen molar-refractivity contribution in [3.63, 3.8) is 0 Å². The minimum atomic E-state index is -0.465. The number of nitro groups is 1. The molecule has 1 N–H and O–H groups in total. The monoisotopic (exact) mass is 282 g/mol. The lowest BCUT2D eigenvalue weighted by molar-refractivity contribution is -0.384. The van der Waals surface area contributed by atoms with E-state index in [1.807, 2.05) is 0 Å². The van der Waals surface area contributed by atoms with Crippen LogP contribution in [0.5, 0.6) is 5.75 Å². The first kappa shape index (κ1) is 12.9. The maximum atomic E-state index is 10.8. The lowest BCUT2D eigenvalue weighted by atomic mass is 10.2. The number of hydrogen-bond donors (Lipinski definition) is 1. The van der Waals surface area contributed by atoms with Crippen molar-refractivity contribution in [2.45, 2.75) is 0 Å². The zero-order valence-electron chi connectivity index (χ0n) is 10.8. The fourth-order valence-electron chi connectivity index (χ4n) is 1.92. The van der Waals surface area contributed by atoms with Crippen molar-refractivity contribution in [3.05, 3.63) is 64.8 Å². The normalized spacial score (nSPS) is 10.5. The van der Waals surface area contributed by atoms with E-state index in [4.69, 9.17) is 4.42 Å². The first-order chi connectivity index (χ1) is 10.1. The quantitative estimate of drug-likeness (QED) is 0.585. The Kier molecular flexibility index (Phi) is 3.12. The minimum Gasteiger partial charge on any atom is -0.508 e. The summed E-state index contributed by atoms with van der Waals surface area (Å²) in [6.07, 6.45) is 1.54. The number of aromatic nitrogens is 1. The highest BCUT2D eigenvalue weighted by Gasteiger charge is 2.12. The van der Waals surface area contributed by atoms with Crippen molar-refractivity contribution in [1.29, 1.82) is 0 Å². The second kappa shape index (κ2) is 5.09. The molecule has 0 spiro atoms. The van der Waals surface area contributed by atoms with Gasteiger partial charge in [-0.25, -0.2) is 4.98 Å². The average Bonchev–Trinajstić information content (AvgIpc) is 2.98. The number of benzene rings is 2. The Morgan fingerprint density at radius 3 is 2.57 bits per heavy atom. The summed E-state index contributed by atoms with van der Waals surface area (Å²) in [5.41, 5.74) is 1.28. The number of nitrogens with zero attached hydrogens (tertiary/aromatic N) is 2. The minimum absolute atomic E-state index is 0.0168. The lowest BCUT2D eigenvalue weighted by Gasteiger charge is -1.97. The van der Waals surface area contributed by atoms with Crippen LogP contribution in [-0.4, -0.2) is 15.0 Å². The van der Waals surface area contributed by atoms with Gasteiger partial charge < -0.3 is 9.52 Å². The topological polar surface area (TPSA) is 89.4 Å². The van der Waals surface area contributed by atoms with E-state index in [2.05, 4.69) is 4.98 Å². The highest BCUT2D eigenvalue weighted by molar-refractivity contribution is 5.63. The van der Waals surface area contributed by atoms with Crippen LogP contribution >= 0.6 is 0 Å². The van der Waals surface area contributed by atoms with Crippen molar-refractivity contribution in [2.75, 3.05) is 0 Å². The number of nitro benzene ring substituents is 1. The summed E-state index contributed by atoms with van der Waals surface area (Å²) in [6.45, 7) is 0. The Balaban J connectivity index is 1.96. The van der Waals surface area contributed by atoms with Crippen LogP contribution in [0.2, 0.25) is 0 Å². The van der Waals surface area contributed by atoms with Crippen LogP contribution in [0, 0.1) is 10.1 Å². The van der Waals surface area contributed by atoms with Crippen LogP contribution in [0.15, 0.2) is 59.1 Å². The van der Waals surface area contributed by atoms with E-state index in [1.54, 1.807) is 42.6 Å². The molecular weight excluding hydrogens is 272 g/mol. The molecule has 0 aliphatic rings. The Labute approximate surface area is 119 Å². The van der Waals surface area contributed by atoms with Crippen molar-refractivity contribution in [3.8, 4) is 28.5 Å². The second-order valence-corrected chi connectivity index (χ2v) is 4.38. The standard InChI is InChI=1S/C15H10N2O4/c18-13-6-4-10(5-7-13)14-9-16-15(21-14)11-2-1-3-12(8-11)17(19)20/h1-9,18H. The SMILES string of the molecule is O=[N+]([O-])c1cccc(-c2ncc(-c3ccc(O)cc3)o2)c1. The van der Waals surface area contributed by atoms with Crippen molar-refractivity contribution < 1.29 is 14.4 Å². The molecule has 21 heavy (non-hydrogen) atoms. The molecule has 0 radical (unpaired) electrons. The number of phenols is 1. The van der Waals surface area contributed by atoms with E-state index >= 15 is 0 Å². The molecule has 0 fully saturated rings. The third-order valence-electron chi connectivity index (χ3n) is 2.96. The van der Waals surface area contributed by atoms with Gasteiger partial charge >= 0.3 is 0 Å². The molecule has 6 heteroatoms. The van der Waals surface area contributed by atoms with E-state index in [0.29, 0.717) is 17.2 Å². The number of non-ortho nitro benzene ring substituents is 1. The maximum Gasteiger partial charge on any atom is 0.270 e. The van der Waals surface area contributed by atoms with E-state index in [0.717, 1.165) is 5.56 Å². The molecule has 0 bridgehead atoms. The van der Waals surface area contributed by atoms with E-state index < -0.39 is 4.92 Å². The molecule has 6 nitrogen and oxygen atoms in total. The Morgan fingerprint density at radius 1 is 1.10 bits per heavy atom. The summed E-state index contributed by atoms with van der Waals surface area (Å²) in [7, 11) is 0. The number of phenolic OH excluding ortho intramolecular Hbond substituents is 1. The van der Waals surface area contributed by atoms with Gasteiger partial charge in [-0.15, -0.1) is 0 Å². The average molecular weight is 282 g/mol. The number of rotatable bonds is 3. The fourth-order valence-corrected chi connectivity index (χ4v) is 1.92. The first-order valence-electron chi connectivity index (χ1n) is 6.13. The van der Waals surface area contributed by atoms with Crippen molar-refractivity contribution in [1.82, 2.24) is 4.98 Å². The molecule has 0 saturated carbocycles. The van der Waals surface area contributed by atoms with Gasteiger partial charge in [0.15, 0.2) is 5.76 Å². The van der Waals surface area contributed by atoms with Gasteiger partial charge in [-0.1, -0.05) is 6.07 Å². The molecule has 1 aromatic heterocycles. The highest BCUT2D eigenvalue weighted by atomic mass is 16.6. The van der Waals surface area contributed by atoms with Crippen LogP contribution in [0.1, 0.15) is 0 Å². The third-order valence-corrected chi connectivity index (χ3v) is 2.96. The van der Waals surface area contributed by atoms with Crippen LogP contribution in [0.25, 0.3) is 22.8 Å². The van der Waals surface area contributed by atoms with Gasteiger partial charge in [0.2, 0.25) is 5.89 Å². The van der Waals surface area contributed by atoms with Gasteiger partial charge in [0.25, 0.3) is 5.69 Å². The molecule has 0 atom stereocenters. The zero-order valence-corrected chi connectivity index (χ0v) is 10.8. The first-order valence-corrected chi connectivity index (χ1v) is 6.13. The molecule has 0 aliphatic heterocycles. The summed E-state index contributed by atoms with van der Waals surface area (Å²) >= 11 is 0. The fraction of sp³-hybridized carbons (Fsp3) is 0. The number of hydrogen-bond acceptors (Lipinski definition) is 5. The number of oxazole rings is 1. The summed E-state index contributed by atoms with van der Waals surface area (Å²) in [5.74, 6) is 0.996. The molecule has 0 amide bonds. The van der Waals surface area contributed by atoms with E-state index in [9.17, 15) is 15.2 Å². The third kappa shape index (κ3) is 2.59. The number of aromatic hydroxyl groups is 1. The molecule has 104 valence electrons. The molecule has 2 aromatic carbocycles. The maximum absolute atomic E-state index is 10.8. The van der Waals surface area contributed by atoms with E-state index in [-0.39, 0.29) is 11.4 Å². The molecular formula is C15H10N2O4. The summed E-state index contributed by atoms with van der Waals surface area (Å²) in [6, 6.07) is 12.6. The van der Waals surface area contributed by atoms with Crippen LogP contribution < -0.4 is 0 Å². The summed E-state index contributed by atoms with van der Waals surface area (Å²) < 4.78 is 5.62.